The smallest absolute Gasteiger partial charge is 0.244 e. The van der Waals surface area contributed by atoms with Crippen LogP contribution in [0.25, 0.3) is 0 Å². The molecule has 0 bridgehead atoms. The zero-order valence-corrected chi connectivity index (χ0v) is 24.1. The number of sulfonamides is 1. The van der Waals surface area contributed by atoms with Crippen molar-refractivity contribution in [3.8, 4) is 5.75 Å². The Balaban J connectivity index is 1.92. The van der Waals surface area contributed by atoms with Gasteiger partial charge in [0.1, 0.15) is 18.3 Å². The lowest BCUT2D eigenvalue weighted by atomic mass is 9.95. The molecule has 0 heterocycles. The van der Waals surface area contributed by atoms with E-state index in [2.05, 4.69) is 21.2 Å². The number of ether oxygens (including phenoxy) is 1. The summed E-state index contributed by atoms with van der Waals surface area (Å²) < 4.78 is 32.4. The number of nitrogens with one attached hydrogen (secondary N) is 1. The molecular formula is C27H36BrN3O5S. The number of anilines is 1. The Morgan fingerprint density at radius 2 is 1.73 bits per heavy atom. The molecule has 202 valence electrons. The molecule has 0 unspecified atom stereocenters. The van der Waals surface area contributed by atoms with Gasteiger partial charge in [-0.3, -0.25) is 13.9 Å². The van der Waals surface area contributed by atoms with Crippen LogP contribution in [-0.4, -0.2) is 57.1 Å². The maximum Gasteiger partial charge on any atom is 0.244 e. The molecule has 0 aliphatic heterocycles. The summed E-state index contributed by atoms with van der Waals surface area (Å²) in [7, 11) is -2.21. The van der Waals surface area contributed by atoms with E-state index in [0.717, 1.165) is 41.8 Å². The van der Waals surface area contributed by atoms with Crippen LogP contribution in [0.2, 0.25) is 0 Å². The molecule has 1 N–H and O–H groups in total. The molecule has 8 nitrogen and oxygen atoms in total. The summed E-state index contributed by atoms with van der Waals surface area (Å²) in [5.74, 6) is 0.0200. The Kier molecular flexibility index (Phi) is 10.4. The predicted molar refractivity (Wildman–Crippen MR) is 149 cm³/mol. The molecule has 37 heavy (non-hydrogen) atoms. The second-order valence-electron chi connectivity index (χ2n) is 9.36. The van der Waals surface area contributed by atoms with Crippen LogP contribution in [0, 0.1) is 0 Å². The maximum atomic E-state index is 13.8. The quantitative estimate of drug-likeness (QED) is 0.414. The number of benzene rings is 2. The van der Waals surface area contributed by atoms with E-state index >= 15 is 0 Å². The third-order valence-electron chi connectivity index (χ3n) is 6.65. The highest BCUT2D eigenvalue weighted by Crippen LogP contribution is 2.28. The van der Waals surface area contributed by atoms with Gasteiger partial charge in [-0.2, -0.15) is 0 Å². The van der Waals surface area contributed by atoms with Gasteiger partial charge in [0.25, 0.3) is 0 Å². The van der Waals surface area contributed by atoms with Crippen LogP contribution in [0.5, 0.6) is 5.75 Å². The van der Waals surface area contributed by atoms with E-state index in [-0.39, 0.29) is 18.5 Å². The van der Waals surface area contributed by atoms with Crippen molar-refractivity contribution < 1.29 is 22.7 Å². The second kappa shape index (κ2) is 13.3. The number of rotatable bonds is 11. The van der Waals surface area contributed by atoms with Gasteiger partial charge in [-0.05, 0) is 65.0 Å². The Bertz CT molecular complexity index is 1170. The Hall–Kier alpha value is -2.59. The molecule has 3 rings (SSSR count). The number of amides is 2. The van der Waals surface area contributed by atoms with Crippen LogP contribution in [0.4, 0.5) is 5.69 Å². The summed E-state index contributed by atoms with van der Waals surface area (Å²) in [6, 6.07) is 13.5. The minimum absolute atomic E-state index is 0.0982. The monoisotopic (exact) mass is 593 g/mol. The van der Waals surface area contributed by atoms with Crippen LogP contribution in [0.3, 0.4) is 0 Å². The fraction of sp³-hybridized carbons (Fsp3) is 0.481. The molecule has 1 aliphatic carbocycles. The van der Waals surface area contributed by atoms with Crippen LogP contribution in [-0.2, 0) is 26.2 Å². The number of hydrogen-bond acceptors (Lipinski definition) is 5. The lowest BCUT2D eigenvalue weighted by Crippen LogP contribution is -2.54. The molecule has 1 aliphatic rings. The molecule has 1 atom stereocenters. The first-order chi connectivity index (χ1) is 17.6. The zero-order valence-electron chi connectivity index (χ0n) is 21.7. The van der Waals surface area contributed by atoms with E-state index < -0.39 is 28.5 Å². The summed E-state index contributed by atoms with van der Waals surface area (Å²) in [5.41, 5.74) is 1.17. The van der Waals surface area contributed by atoms with Gasteiger partial charge in [0.2, 0.25) is 21.8 Å². The van der Waals surface area contributed by atoms with Crippen molar-refractivity contribution in [2.24, 2.45) is 0 Å². The number of carbonyl (C=O) groups is 2. The summed E-state index contributed by atoms with van der Waals surface area (Å²) in [6.45, 7) is 1.60. The Labute approximate surface area is 228 Å². The van der Waals surface area contributed by atoms with Crippen molar-refractivity contribution in [1.29, 1.82) is 0 Å². The van der Waals surface area contributed by atoms with Crippen LogP contribution < -0.4 is 14.4 Å². The van der Waals surface area contributed by atoms with Crippen molar-refractivity contribution in [1.82, 2.24) is 10.2 Å². The Morgan fingerprint density at radius 3 is 2.30 bits per heavy atom. The highest BCUT2D eigenvalue weighted by molar-refractivity contribution is 9.10. The van der Waals surface area contributed by atoms with Crippen LogP contribution >= 0.6 is 15.9 Å². The molecule has 0 spiro atoms. The number of nitrogens with zero attached hydrogens (tertiary/aromatic N) is 2. The van der Waals surface area contributed by atoms with Gasteiger partial charge in [-0.15, -0.1) is 0 Å². The molecule has 1 saturated carbocycles. The number of halogens is 1. The topological polar surface area (TPSA) is 96.0 Å². The summed E-state index contributed by atoms with van der Waals surface area (Å²) in [6.07, 6.45) is 6.64. The third kappa shape index (κ3) is 7.95. The SMILES string of the molecule is CC[C@@H](C(=O)NC1CCCCC1)N(Cc1ccc(OC)cc1)C(=O)CN(c1ccccc1Br)S(C)(=O)=O. The average Bonchev–Trinajstić information content (AvgIpc) is 2.88. The summed E-state index contributed by atoms with van der Waals surface area (Å²) >= 11 is 3.40. The first kappa shape index (κ1) is 29.0. The third-order valence-corrected chi connectivity index (χ3v) is 8.45. The van der Waals surface area contributed by atoms with E-state index in [9.17, 15) is 18.0 Å². The summed E-state index contributed by atoms with van der Waals surface area (Å²) in [5, 5.41) is 3.14. The average molecular weight is 595 g/mol. The van der Waals surface area contributed by atoms with Gasteiger partial charge >= 0.3 is 0 Å². The van der Waals surface area contributed by atoms with E-state index in [4.69, 9.17) is 4.74 Å². The number of para-hydroxylation sites is 1. The number of carbonyl (C=O) groups excluding carboxylic acids is 2. The fourth-order valence-electron chi connectivity index (χ4n) is 4.64. The molecule has 0 radical (unpaired) electrons. The van der Waals surface area contributed by atoms with Crippen molar-refractivity contribution in [2.45, 2.75) is 64.1 Å². The van der Waals surface area contributed by atoms with E-state index in [1.807, 2.05) is 19.1 Å². The highest BCUT2D eigenvalue weighted by atomic mass is 79.9. The Morgan fingerprint density at radius 1 is 1.08 bits per heavy atom. The number of methoxy groups -OCH3 is 1. The first-order valence-electron chi connectivity index (χ1n) is 12.6. The molecule has 0 aromatic heterocycles. The van der Waals surface area contributed by atoms with E-state index in [0.29, 0.717) is 22.3 Å². The first-order valence-corrected chi connectivity index (χ1v) is 15.2. The molecular weight excluding hydrogens is 558 g/mol. The van der Waals surface area contributed by atoms with E-state index in [1.54, 1.807) is 43.5 Å². The largest absolute Gasteiger partial charge is 0.497 e. The molecule has 10 heteroatoms. The van der Waals surface area contributed by atoms with Gasteiger partial charge < -0.3 is 15.0 Å². The molecule has 2 amide bonds. The van der Waals surface area contributed by atoms with Crippen molar-refractivity contribution in [3.05, 3.63) is 58.6 Å². The lowest BCUT2D eigenvalue weighted by molar-refractivity contribution is -0.140. The standard InChI is InChI=1S/C27H36BrN3O5S/c1-4-24(27(33)29-21-10-6-5-7-11-21)30(18-20-14-16-22(36-2)17-15-20)26(32)19-31(37(3,34)35)25-13-9-8-12-23(25)28/h8-9,12-17,21,24H,4-7,10-11,18-19H2,1-3H3,(H,29,33)/t24-/m0/s1. The molecule has 1 fully saturated rings. The van der Waals surface area contributed by atoms with E-state index in [1.165, 1.54) is 11.3 Å². The van der Waals surface area contributed by atoms with Crippen molar-refractivity contribution in [3.63, 3.8) is 0 Å². The minimum atomic E-state index is -3.79. The summed E-state index contributed by atoms with van der Waals surface area (Å²) in [4.78, 5) is 28.7. The van der Waals surface area contributed by atoms with Crippen LogP contribution in [0.15, 0.2) is 53.0 Å². The van der Waals surface area contributed by atoms with Crippen molar-refractivity contribution in [2.75, 3.05) is 24.2 Å². The second-order valence-corrected chi connectivity index (χ2v) is 12.1. The van der Waals surface area contributed by atoms with Gasteiger partial charge in [0, 0.05) is 17.1 Å². The minimum Gasteiger partial charge on any atom is -0.497 e. The van der Waals surface area contributed by atoms with Crippen molar-refractivity contribution >= 4 is 43.5 Å². The van der Waals surface area contributed by atoms with Gasteiger partial charge in [0.15, 0.2) is 0 Å². The molecule has 2 aromatic rings. The molecule has 0 saturated heterocycles. The number of hydrogen-bond donors (Lipinski definition) is 1. The zero-order chi connectivity index (χ0) is 27.0. The molecule has 2 aromatic carbocycles. The lowest BCUT2D eigenvalue weighted by Gasteiger charge is -2.34. The van der Waals surface area contributed by atoms with Gasteiger partial charge in [0.05, 0.1) is 19.1 Å². The van der Waals surface area contributed by atoms with Gasteiger partial charge in [-0.25, -0.2) is 8.42 Å². The van der Waals surface area contributed by atoms with Gasteiger partial charge in [-0.1, -0.05) is 50.5 Å². The maximum absolute atomic E-state index is 13.8. The van der Waals surface area contributed by atoms with Crippen LogP contribution in [0.1, 0.15) is 51.0 Å². The highest BCUT2D eigenvalue weighted by Gasteiger charge is 2.33. The fourth-order valence-corrected chi connectivity index (χ4v) is 6.12. The predicted octanol–water partition coefficient (Wildman–Crippen LogP) is 4.48. The normalized spacial score (nSPS) is 15.0.